The molecule has 3 N–H and O–H groups in total. The molecule has 1 aromatic heterocycles. The zero-order chi connectivity index (χ0) is 14.5. The van der Waals surface area contributed by atoms with Gasteiger partial charge in [-0.3, -0.25) is 4.79 Å². The third-order valence-electron chi connectivity index (χ3n) is 4.27. The normalized spacial score (nSPS) is 17.9. The predicted molar refractivity (Wildman–Crippen MR) is 77.5 cm³/mol. The van der Waals surface area contributed by atoms with E-state index < -0.39 is 0 Å². The molecule has 20 heavy (non-hydrogen) atoms. The van der Waals surface area contributed by atoms with Crippen LogP contribution in [0.1, 0.15) is 60.8 Å². The van der Waals surface area contributed by atoms with Crippen LogP contribution in [0.5, 0.6) is 0 Å². The number of rotatable bonds is 5. The van der Waals surface area contributed by atoms with Gasteiger partial charge in [0.2, 0.25) is 0 Å². The second kappa shape index (κ2) is 6.88. The molecular weight excluding hydrogens is 254 g/mol. The van der Waals surface area contributed by atoms with Gasteiger partial charge in [0.25, 0.3) is 5.91 Å². The maximum Gasteiger partial charge on any atom is 0.257 e. The largest absolute Gasteiger partial charge is 0.360 e. The lowest BCUT2D eigenvalue weighted by Crippen LogP contribution is -2.46. The number of nitrogens with one attached hydrogen (secondary N) is 1. The Balaban J connectivity index is 2.06. The van der Waals surface area contributed by atoms with E-state index in [4.69, 9.17) is 10.3 Å². The summed E-state index contributed by atoms with van der Waals surface area (Å²) in [5.74, 6) is 1.06. The summed E-state index contributed by atoms with van der Waals surface area (Å²) in [6, 6.07) is 0.0572. The van der Waals surface area contributed by atoms with Crippen molar-refractivity contribution in [3.8, 4) is 0 Å². The number of aromatic nitrogens is 1. The van der Waals surface area contributed by atoms with E-state index in [1.165, 1.54) is 19.3 Å². The average Bonchev–Trinajstić information content (AvgIpc) is 2.86. The minimum absolute atomic E-state index is 0.0572. The molecule has 5 heteroatoms. The molecule has 2 rings (SSSR count). The maximum atomic E-state index is 12.5. The van der Waals surface area contributed by atoms with Gasteiger partial charge in [-0.25, -0.2) is 0 Å². The minimum Gasteiger partial charge on any atom is -0.360 e. The third kappa shape index (κ3) is 3.20. The predicted octanol–water partition coefficient (Wildman–Crippen LogP) is 2.18. The van der Waals surface area contributed by atoms with E-state index in [9.17, 15) is 4.79 Å². The molecule has 1 atom stereocenters. The summed E-state index contributed by atoms with van der Waals surface area (Å²) >= 11 is 0. The Morgan fingerprint density at radius 3 is 2.75 bits per heavy atom. The first-order valence-electron chi connectivity index (χ1n) is 7.63. The first-order chi connectivity index (χ1) is 9.67. The highest BCUT2D eigenvalue weighted by atomic mass is 16.5. The van der Waals surface area contributed by atoms with E-state index in [-0.39, 0.29) is 11.9 Å². The van der Waals surface area contributed by atoms with E-state index in [1.807, 2.05) is 6.92 Å². The van der Waals surface area contributed by atoms with Gasteiger partial charge in [0.1, 0.15) is 11.3 Å². The van der Waals surface area contributed by atoms with Crippen LogP contribution in [0.4, 0.5) is 0 Å². The van der Waals surface area contributed by atoms with Crippen molar-refractivity contribution in [3.63, 3.8) is 0 Å². The Labute approximate surface area is 120 Å². The van der Waals surface area contributed by atoms with Crippen LogP contribution in [0.15, 0.2) is 4.52 Å². The van der Waals surface area contributed by atoms with Gasteiger partial charge in [0.05, 0.1) is 5.69 Å². The quantitative estimate of drug-likeness (QED) is 0.865. The summed E-state index contributed by atoms with van der Waals surface area (Å²) in [6.45, 7) is 4.25. The number of hydrogen-bond acceptors (Lipinski definition) is 4. The van der Waals surface area contributed by atoms with Crippen LogP contribution in [0, 0.1) is 12.8 Å². The highest BCUT2D eigenvalue weighted by Crippen LogP contribution is 2.26. The first-order valence-corrected chi connectivity index (χ1v) is 7.63. The molecule has 0 spiro atoms. The van der Waals surface area contributed by atoms with Gasteiger partial charge in [-0.2, -0.15) is 0 Å². The van der Waals surface area contributed by atoms with E-state index in [1.54, 1.807) is 6.92 Å². The Kier molecular flexibility index (Phi) is 5.17. The fraction of sp³-hybridized carbons (Fsp3) is 0.733. The van der Waals surface area contributed by atoms with Gasteiger partial charge in [0.15, 0.2) is 0 Å². The molecule has 1 aromatic rings. The van der Waals surface area contributed by atoms with Gasteiger partial charge in [0, 0.05) is 19.0 Å². The topological polar surface area (TPSA) is 81.2 Å². The van der Waals surface area contributed by atoms with Crippen molar-refractivity contribution in [3.05, 3.63) is 17.0 Å². The molecule has 112 valence electrons. The molecule has 5 nitrogen and oxygen atoms in total. The molecule has 1 fully saturated rings. The SMILES string of the molecule is CCc1onc(C)c1C(=O)NC(CN)C1CCCCC1. The van der Waals surface area contributed by atoms with Crippen molar-refractivity contribution in [2.75, 3.05) is 6.54 Å². The Hall–Kier alpha value is -1.36. The second-order valence-electron chi connectivity index (χ2n) is 5.63. The maximum absolute atomic E-state index is 12.5. The number of nitrogens with zero attached hydrogens (tertiary/aromatic N) is 1. The number of hydrogen-bond donors (Lipinski definition) is 2. The molecule has 1 heterocycles. The molecule has 0 aliphatic heterocycles. The molecule has 1 aliphatic carbocycles. The van der Waals surface area contributed by atoms with Gasteiger partial charge < -0.3 is 15.6 Å². The molecule has 0 saturated heterocycles. The van der Waals surface area contributed by atoms with Crippen LogP contribution in [-0.2, 0) is 6.42 Å². The van der Waals surface area contributed by atoms with Crippen LogP contribution < -0.4 is 11.1 Å². The summed E-state index contributed by atoms with van der Waals surface area (Å²) in [6.07, 6.45) is 6.76. The lowest BCUT2D eigenvalue weighted by molar-refractivity contribution is 0.0913. The third-order valence-corrected chi connectivity index (χ3v) is 4.27. The molecule has 0 aromatic carbocycles. The fourth-order valence-electron chi connectivity index (χ4n) is 3.10. The van der Waals surface area contributed by atoms with E-state index >= 15 is 0 Å². The Bertz CT molecular complexity index is 450. The summed E-state index contributed by atoms with van der Waals surface area (Å²) in [4.78, 5) is 12.5. The summed E-state index contributed by atoms with van der Waals surface area (Å²) in [5.41, 5.74) is 7.10. The van der Waals surface area contributed by atoms with Crippen molar-refractivity contribution in [1.29, 1.82) is 0 Å². The van der Waals surface area contributed by atoms with Crippen molar-refractivity contribution in [2.45, 2.75) is 58.4 Å². The minimum atomic E-state index is -0.0957. The van der Waals surface area contributed by atoms with Crippen LogP contribution >= 0.6 is 0 Å². The highest BCUT2D eigenvalue weighted by molar-refractivity contribution is 5.96. The number of amides is 1. The van der Waals surface area contributed by atoms with Crippen molar-refractivity contribution in [2.24, 2.45) is 11.7 Å². The smallest absolute Gasteiger partial charge is 0.257 e. The van der Waals surface area contributed by atoms with Crippen molar-refractivity contribution >= 4 is 5.91 Å². The van der Waals surface area contributed by atoms with Crippen LogP contribution in [-0.4, -0.2) is 23.7 Å². The van der Waals surface area contributed by atoms with Crippen LogP contribution in [0.2, 0.25) is 0 Å². The zero-order valence-corrected chi connectivity index (χ0v) is 12.4. The van der Waals surface area contributed by atoms with E-state index in [0.717, 1.165) is 12.8 Å². The zero-order valence-electron chi connectivity index (χ0n) is 12.4. The van der Waals surface area contributed by atoms with E-state index in [0.29, 0.717) is 35.9 Å². The summed E-state index contributed by atoms with van der Waals surface area (Å²) in [7, 11) is 0. The number of aryl methyl sites for hydroxylation is 2. The molecule has 1 unspecified atom stereocenters. The highest BCUT2D eigenvalue weighted by Gasteiger charge is 2.27. The molecule has 0 radical (unpaired) electrons. The molecule has 0 bridgehead atoms. The summed E-state index contributed by atoms with van der Waals surface area (Å²) < 4.78 is 5.18. The summed E-state index contributed by atoms with van der Waals surface area (Å²) in [5, 5.41) is 6.98. The number of carbonyl (C=O) groups excluding carboxylic acids is 1. The standard InChI is InChI=1S/C15H25N3O2/c1-3-13-14(10(2)18-20-13)15(19)17-12(9-16)11-7-5-4-6-8-11/h11-12H,3-9,16H2,1-2H3,(H,17,19). The lowest BCUT2D eigenvalue weighted by Gasteiger charge is -2.30. The van der Waals surface area contributed by atoms with Gasteiger partial charge in [-0.05, 0) is 25.7 Å². The molecule has 1 saturated carbocycles. The molecular formula is C15H25N3O2. The number of nitrogens with two attached hydrogens (primary N) is 1. The van der Waals surface area contributed by atoms with Gasteiger partial charge in [-0.15, -0.1) is 0 Å². The van der Waals surface area contributed by atoms with Crippen LogP contribution in [0.25, 0.3) is 0 Å². The average molecular weight is 279 g/mol. The Morgan fingerprint density at radius 2 is 2.15 bits per heavy atom. The molecule has 1 amide bonds. The van der Waals surface area contributed by atoms with Crippen LogP contribution in [0.3, 0.4) is 0 Å². The lowest BCUT2D eigenvalue weighted by atomic mass is 9.84. The van der Waals surface area contributed by atoms with Gasteiger partial charge >= 0.3 is 0 Å². The van der Waals surface area contributed by atoms with Gasteiger partial charge in [-0.1, -0.05) is 31.3 Å². The molecule has 1 aliphatic rings. The number of carbonyl (C=O) groups is 1. The monoisotopic (exact) mass is 279 g/mol. The van der Waals surface area contributed by atoms with E-state index in [2.05, 4.69) is 10.5 Å². The van der Waals surface area contributed by atoms with Crippen molar-refractivity contribution < 1.29 is 9.32 Å². The first kappa shape index (κ1) is 15.0. The Morgan fingerprint density at radius 1 is 1.45 bits per heavy atom. The second-order valence-corrected chi connectivity index (χ2v) is 5.63. The fourth-order valence-corrected chi connectivity index (χ4v) is 3.10. The van der Waals surface area contributed by atoms with Crippen molar-refractivity contribution in [1.82, 2.24) is 10.5 Å².